The molecule has 1 amide bonds. The van der Waals surface area contributed by atoms with Gasteiger partial charge in [0.2, 0.25) is 0 Å². The summed E-state index contributed by atoms with van der Waals surface area (Å²) in [5.41, 5.74) is -3.13. The van der Waals surface area contributed by atoms with Crippen molar-refractivity contribution in [3.63, 3.8) is 0 Å². The normalized spacial score (nSPS) is 22.0. The molecule has 1 aliphatic rings. The zero-order valence-electron chi connectivity index (χ0n) is 11.0. The smallest absolute Gasteiger partial charge is 0.406 e. The van der Waals surface area contributed by atoms with Crippen molar-refractivity contribution < 1.29 is 32.3 Å². The second-order valence-electron chi connectivity index (χ2n) is 4.99. The van der Waals surface area contributed by atoms with Crippen molar-refractivity contribution >= 4 is 27.8 Å². The van der Waals surface area contributed by atoms with E-state index in [1.54, 1.807) is 0 Å². The highest BCUT2D eigenvalue weighted by Gasteiger charge is 2.64. The first-order chi connectivity index (χ1) is 10.1. The number of halogens is 5. The van der Waals surface area contributed by atoms with Crippen LogP contribution in [0.1, 0.15) is 16.8 Å². The van der Waals surface area contributed by atoms with Crippen LogP contribution in [-0.4, -0.2) is 41.1 Å². The lowest BCUT2D eigenvalue weighted by Gasteiger charge is -2.27. The first-order valence-electron chi connectivity index (χ1n) is 6.13. The number of likely N-dealkylation sites (tertiary alicyclic amines) is 1. The average molecular weight is 384 g/mol. The molecule has 22 heavy (non-hydrogen) atoms. The van der Waals surface area contributed by atoms with Gasteiger partial charge in [0, 0.05) is 17.6 Å². The first kappa shape index (κ1) is 16.7. The van der Waals surface area contributed by atoms with E-state index in [1.165, 1.54) is 6.07 Å². The molecule has 1 aromatic carbocycles. The monoisotopic (exact) mass is 383 g/mol. The van der Waals surface area contributed by atoms with Crippen LogP contribution in [-0.2, 0) is 4.79 Å². The van der Waals surface area contributed by atoms with E-state index < -0.39 is 42.3 Å². The number of hydrogen-bond acceptors (Lipinski definition) is 2. The van der Waals surface area contributed by atoms with E-state index in [2.05, 4.69) is 15.9 Å². The number of amides is 1. The Morgan fingerprint density at radius 2 is 1.95 bits per heavy atom. The van der Waals surface area contributed by atoms with Gasteiger partial charge in [0.25, 0.3) is 5.91 Å². The van der Waals surface area contributed by atoms with Crippen molar-refractivity contribution in [1.82, 2.24) is 4.90 Å². The zero-order chi connectivity index (χ0) is 16.7. The summed E-state index contributed by atoms with van der Waals surface area (Å²) in [6, 6.07) is 3.23. The third kappa shape index (κ3) is 2.69. The van der Waals surface area contributed by atoms with Gasteiger partial charge in [0.1, 0.15) is 5.82 Å². The van der Waals surface area contributed by atoms with Crippen LogP contribution in [0.2, 0.25) is 0 Å². The maximum absolute atomic E-state index is 13.2. The molecule has 1 aliphatic heterocycles. The summed E-state index contributed by atoms with van der Waals surface area (Å²) in [4.78, 5) is 24.1. The molecule has 1 N–H and O–H groups in total. The molecule has 1 heterocycles. The van der Waals surface area contributed by atoms with E-state index in [-0.39, 0.29) is 16.6 Å². The molecule has 2 rings (SSSR count). The molecule has 0 aliphatic carbocycles. The van der Waals surface area contributed by atoms with Gasteiger partial charge >= 0.3 is 12.1 Å². The van der Waals surface area contributed by atoms with Crippen LogP contribution in [0.5, 0.6) is 0 Å². The van der Waals surface area contributed by atoms with Gasteiger partial charge in [-0.2, -0.15) is 13.2 Å². The second-order valence-corrected chi connectivity index (χ2v) is 5.84. The Bertz CT molecular complexity index is 634. The average Bonchev–Trinajstić information content (AvgIpc) is 2.87. The summed E-state index contributed by atoms with van der Waals surface area (Å²) in [5, 5.41) is 8.94. The van der Waals surface area contributed by atoms with Gasteiger partial charge in [-0.05, 0) is 40.5 Å². The molecule has 0 radical (unpaired) electrons. The van der Waals surface area contributed by atoms with E-state index in [9.17, 15) is 27.2 Å². The third-order valence-corrected chi connectivity index (χ3v) is 4.36. The molecular weight excluding hydrogens is 374 g/mol. The minimum absolute atomic E-state index is 0.150. The lowest BCUT2D eigenvalue weighted by molar-refractivity contribution is -0.227. The SMILES string of the molecule is O=C(c1cc(F)ccc1Br)N1CCC(C(=O)O)(C(F)(F)F)C1. The Morgan fingerprint density at radius 1 is 1.32 bits per heavy atom. The zero-order valence-corrected chi connectivity index (χ0v) is 12.5. The topological polar surface area (TPSA) is 57.6 Å². The highest BCUT2D eigenvalue weighted by molar-refractivity contribution is 9.10. The van der Waals surface area contributed by atoms with Crippen LogP contribution >= 0.6 is 15.9 Å². The number of alkyl halides is 3. The van der Waals surface area contributed by atoms with Crippen molar-refractivity contribution in [2.45, 2.75) is 12.6 Å². The summed E-state index contributed by atoms with van der Waals surface area (Å²) in [6.07, 6.45) is -5.71. The van der Waals surface area contributed by atoms with E-state index in [0.717, 1.165) is 17.0 Å². The standard InChI is InChI=1S/C13H10BrF4NO3/c14-9-2-1-7(15)5-8(9)10(20)19-4-3-12(6-19,11(21)22)13(16,17)18/h1-2,5H,3-4,6H2,(H,21,22). The van der Waals surface area contributed by atoms with Gasteiger partial charge in [0.15, 0.2) is 5.41 Å². The van der Waals surface area contributed by atoms with E-state index >= 15 is 0 Å². The Hall–Kier alpha value is -1.64. The van der Waals surface area contributed by atoms with Crippen LogP contribution in [0.3, 0.4) is 0 Å². The molecule has 9 heteroatoms. The molecule has 1 saturated heterocycles. The van der Waals surface area contributed by atoms with Crippen molar-refractivity contribution in [2.75, 3.05) is 13.1 Å². The maximum Gasteiger partial charge on any atom is 0.406 e. The minimum Gasteiger partial charge on any atom is -0.481 e. The maximum atomic E-state index is 13.2. The molecule has 1 unspecified atom stereocenters. The summed E-state index contributed by atoms with van der Waals surface area (Å²) in [5.74, 6) is -3.58. The van der Waals surface area contributed by atoms with Crippen molar-refractivity contribution in [3.05, 3.63) is 34.1 Å². The number of nitrogens with zero attached hydrogens (tertiary/aromatic N) is 1. The predicted molar refractivity (Wildman–Crippen MR) is 70.7 cm³/mol. The fourth-order valence-corrected chi connectivity index (χ4v) is 2.76. The third-order valence-electron chi connectivity index (χ3n) is 3.67. The fourth-order valence-electron chi connectivity index (χ4n) is 2.34. The van der Waals surface area contributed by atoms with Crippen LogP contribution in [0, 0.1) is 11.2 Å². The van der Waals surface area contributed by atoms with Crippen LogP contribution < -0.4 is 0 Å². The van der Waals surface area contributed by atoms with E-state index in [1.807, 2.05) is 0 Å². The van der Waals surface area contributed by atoms with Gasteiger partial charge in [-0.1, -0.05) is 0 Å². The molecule has 0 aromatic heterocycles. The number of benzene rings is 1. The molecular formula is C13H10BrF4NO3. The first-order valence-corrected chi connectivity index (χ1v) is 6.92. The summed E-state index contributed by atoms with van der Waals surface area (Å²) >= 11 is 3.02. The molecule has 1 fully saturated rings. The van der Waals surface area contributed by atoms with Crippen LogP contribution in [0.15, 0.2) is 22.7 Å². The Labute approximate surface area is 130 Å². The number of rotatable bonds is 2. The van der Waals surface area contributed by atoms with Gasteiger partial charge in [-0.25, -0.2) is 4.39 Å². The molecule has 1 atom stereocenters. The second kappa shape index (κ2) is 5.53. The molecule has 1 aromatic rings. The summed E-state index contributed by atoms with van der Waals surface area (Å²) in [7, 11) is 0. The Balaban J connectivity index is 2.31. The molecule has 4 nitrogen and oxygen atoms in total. The number of carboxylic acids is 1. The van der Waals surface area contributed by atoms with Crippen molar-refractivity contribution in [3.8, 4) is 0 Å². The number of carbonyl (C=O) groups excluding carboxylic acids is 1. The summed E-state index contributed by atoms with van der Waals surface area (Å²) < 4.78 is 52.6. The van der Waals surface area contributed by atoms with Crippen LogP contribution in [0.4, 0.5) is 17.6 Å². The molecule has 0 spiro atoms. The highest BCUT2D eigenvalue weighted by atomic mass is 79.9. The largest absolute Gasteiger partial charge is 0.481 e. The summed E-state index contributed by atoms with van der Waals surface area (Å²) in [6.45, 7) is -1.36. The van der Waals surface area contributed by atoms with Crippen LogP contribution in [0.25, 0.3) is 0 Å². The number of carbonyl (C=O) groups is 2. The number of aliphatic carboxylic acids is 1. The molecule has 0 bridgehead atoms. The Morgan fingerprint density at radius 3 is 2.45 bits per heavy atom. The van der Waals surface area contributed by atoms with Gasteiger partial charge < -0.3 is 10.0 Å². The fraction of sp³-hybridized carbons (Fsp3) is 0.385. The molecule has 0 saturated carbocycles. The number of hydrogen-bond donors (Lipinski definition) is 1. The van der Waals surface area contributed by atoms with E-state index in [0.29, 0.717) is 0 Å². The van der Waals surface area contributed by atoms with Gasteiger partial charge in [-0.15, -0.1) is 0 Å². The predicted octanol–water partition coefficient (Wildman–Crippen LogP) is 3.07. The minimum atomic E-state index is -4.98. The molecule has 120 valence electrons. The van der Waals surface area contributed by atoms with Gasteiger partial charge in [0.05, 0.1) is 5.56 Å². The Kier molecular flexibility index (Phi) is 4.20. The highest BCUT2D eigenvalue weighted by Crippen LogP contribution is 2.46. The van der Waals surface area contributed by atoms with Crippen molar-refractivity contribution in [1.29, 1.82) is 0 Å². The van der Waals surface area contributed by atoms with Crippen molar-refractivity contribution in [2.24, 2.45) is 5.41 Å². The number of carboxylic acid groups (broad SMARTS) is 1. The lowest BCUT2D eigenvalue weighted by Crippen LogP contribution is -2.47. The lowest BCUT2D eigenvalue weighted by atomic mass is 9.86. The van der Waals surface area contributed by atoms with Gasteiger partial charge in [-0.3, -0.25) is 9.59 Å². The quantitative estimate of drug-likeness (QED) is 0.798. The van der Waals surface area contributed by atoms with E-state index in [4.69, 9.17) is 5.11 Å².